The molecule has 0 bridgehead atoms. The van der Waals surface area contributed by atoms with Crippen molar-refractivity contribution in [3.63, 3.8) is 0 Å². The van der Waals surface area contributed by atoms with Crippen molar-refractivity contribution < 1.29 is 17.5 Å². The topological polar surface area (TPSA) is 83.3 Å². The van der Waals surface area contributed by atoms with Crippen LogP contribution in [0.2, 0.25) is 0 Å². The molecule has 1 aliphatic heterocycles. The van der Waals surface area contributed by atoms with Gasteiger partial charge in [0.15, 0.2) is 0 Å². The summed E-state index contributed by atoms with van der Waals surface area (Å²) in [5, 5.41) is 8.83. The average Bonchev–Trinajstić information content (AvgIpc) is 2.52. The number of hydrogen-bond donors (Lipinski definition) is 0. The van der Waals surface area contributed by atoms with Gasteiger partial charge < -0.3 is 4.74 Å². The molecule has 1 aromatic heterocycles. The van der Waals surface area contributed by atoms with Crippen LogP contribution in [0.15, 0.2) is 42.6 Å². The van der Waals surface area contributed by atoms with Crippen molar-refractivity contribution in [1.82, 2.24) is 9.29 Å². The van der Waals surface area contributed by atoms with E-state index in [2.05, 4.69) is 4.98 Å². The molecule has 1 saturated heterocycles. The molecule has 2 heterocycles. The molecule has 0 amide bonds. The highest BCUT2D eigenvalue weighted by Crippen LogP contribution is 2.22. The number of nitrogens with zero attached hydrogens (tertiary/aromatic N) is 3. The van der Waals surface area contributed by atoms with Crippen molar-refractivity contribution in [3.8, 4) is 11.9 Å². The van der Waals surface area contributed by atoms with Crippen LogP contribution in [-0.4, -0.2) is 36.9 Å². The molecule has 0 atom stereocenters. The second-order valence-corrected chi connectivity index (χ2v) is 7.40. The van der Waals surface area contributed by atoms with E-state index in [9.17, 15) is 12.8 Å². The fourth-order valence-corrected chi connectivity index (χ4v) is 3.88. The number of nitriles is 1. The Hall–Kier alpha value is -2.50. The summed E-state index contributed by atoms with van der Waals surface area (Å²) in [5.74, 6) is -0.280. The third-order valence-electron chi connectivity index (χ3n) is 3.62. The fourth-order valence-electron chi connectivity index (χ4n) is 2.30. The Morgan fingerprint density at radius 3 is 2.67 bits per heavy atom. The van der Waals surface area contributed by atoms with Crippen LogP contribution in [0.1, 0.15) is 11.1 Å². The molecule has 0 aliphatic carbocycles. The van der Waals surface area contributed by atoms with Crippen LogP contribution in [0.25, 0.3) is 0 Å². The molecule has 24 heavy (non-hydrogen) atoms. The van der Waals surface area contributed by atoms with Gasteiger partial charge in [0.2, 0.25) is 15.9 Å². The second-order valence-electron chi connectivity index (χ2n) is 5.43. The van der Waals surface area contributed by atoms with Crippen molar-refractivity contribution in [1.29, 1.82) is 5.26 Å². The number of pyridine rings is 1. The minimum atomic E-state index is -3.47. The maximum Gasteiger partial charge on any atom is 0.218 e. The maximum atomic E-state index is 12.9. The largest absolute Gasteiger partial charge is 0.471 e. The first kappa shape index (κ1) is 16.4. The highest BCUT2D eigenvalue weighted by Gasteiger charge is 2.37. The Kier molecular flexibility index (Phi) is 4.46. The molecule has 0 unspecified atom stereocenters. The molecule has 6 nitrogen and oxygen atoms in total. The number of aromatic nitrogens is 1. The van der Waals surface area contributed by atoms with Crippen molar-refractivity contribution in [3.05, 3.63) is 59.5 Å². The smallest absolute Gasteiger partial charge is 0.218 e. The Bertz CT molecular complexity index is 872. The van der Waals surface area contributed by atoms with Gasteiger partial charge in [0.1, 0.15) is 11.9 Å². The summed E-state index contributed by atoms with van der Waals surface area (Å²) in [6.45, 7) is 0.448. The molecule has 0 radical (unpaired) electrons. The Balaban J connectivity index is 1.57. The highest BCUT2D eigenvalue weighted by atomic mass is 32.2. The molecule has 3 rings (SSSR count). The summed E-state index contributed by atoms with van der Waals surface area (Å²) in [6.07, 6.45) is 1.17. The first-order chi connectivity index (χ1) is 11.5. The lowest BCUT2D eigenvalue weighted by molar-refractivity contribution is 0.0719. The van der Waals surface area contributed by atoms with Crippen LogP contribution in [0, 0.1) is 17.1 Å². The third kappa shape index (κ3) is 3.69. The van der Waals surface area contributed by atoms with E-state index in [0.29, 0.717) is 17.0 Å². The zero-order valence-electron chi connectivity index (χ0n) is 12.6. The minimum Gasteiger partial charge on any atom is -0.471 e. The van der Waals surface area contributed by atoms with Crippen LogP contribution in [-0.2, 0) is 15.8 Å². The van der Waals surface area contributed by atoms with E-state index in [1.807, 2.05) is 6.07 Å². The van der Waals surface area contributed by atoms with Gasteiger partial charge in [0.05, 0.1) is 30.5 Å². The normalized spacial score (nSPS) is 15.5. The monoisotopic (exact) mass is 347 g/mol. The van der Waals surface area contributed by atoms with Gasteiger partial charge >= 0.3 is 0 Å². The number of halogens is 1. The zero-order valence-corrected chi connectivity index (χ0v) is 13.4. The van der Waals surface area contributed by atoms with Crippen molar-refractivity contribution >= 4 is 10.0 Å². The van der Waals surface area contributed by atoms with E-state index in [4.69, 9.17) is 10.00 Å². The third-order valence-corrected chi connectivity index (χ3v) is 5.40. The first-order valence-electron chi connectivity index (χ1n) is 7.21. The number of benzene rings is 1. The van der Waals surface area contributed by atoms with Crippen LogP contribution >= 0.6 is 0 Å². The van der Waals surface area contributed by atoms with Gasteiger partial charge in [0, 0.05) is 12.3 Å². The summed E-state index contributed by atoms with van der Waals surface area (Å²) in [7, 11) is -3.47. The van der Waals surface area contributed by atoms with Crippen molar-refractivity contribution in [2.45, 2.75) is 11.9 Å². The van der Waals surface area contributed by atoms with Gasteiger partial charge in [0.25, 0.3) is 0 Å². The molecule has 2 aromatic rings. The van der Waals surface area contributed by atoms with Gasteiger partial charge in [-0.25, -0.2) is 17.8 Å². The van der Waals surface area contributed by atoms with E-state index >= 15 is 0 Å². The van der Waals surface area contributed by atoms with Crippen LogP contribution in [0.3, 0.4) is 0 Å². The van der Waals surface area contributed by atoms with Gasteiger partial charge in [-0.3, -0.25) is 0 Å². The molecular formula is C16H14FN3O3S. The molecule has 1 aliphatic rings. The molecule has 124 valence electrons. The van der Waals surface area contributed by atoms with Crippen LogP contribution in [0.5, 0.6) is 5.88 Å². The van der Waals surface area contributed by atoms with E-state index in [1.165, 1.54) is 40.8 Å². The predicted octanol–water partition coefficient (Wildman–Crippen LogP) is 1.69. The lowest BCUT2D eigenvalue weighted by Gasteiger charge is -2.37. The van der Waals surface area contributed by atoms with Crippen LogP contribution in [0.4, 0.5) is 4.39 Å². The van der Waals surface area contributed by atoms with Crippen molar-refractivity contribution in [2.24, 2.45) is 0 Å². The van der Waals surface area contributed by atoms with Crippen LogP contribution < -0.4 is 4.74 Å². The van der Waals surface area contributed by atoms with Gasteiger partial charge in [-0.2, -0.15) is 9.57 Å². The number of rotatable bonds is 5. The number of hydrogen-bond acceptors (Lipinski definition) is 5. The Morgan fingerprint density at radius 1 is 1.29 bits per heavy atom. The van der Waals surface area contributed by atoms with E-state index < -0.39 is 15.8 Å². The molecule has 1 aromatic carbocycles. The quantitative estimate of drug-likeness (QED) is 0.822. The summed E-state index contributed by atoms with van der Waals surface area (Å²) in [5.41, 5.74) is 0.962. The SMILES string of the molecule is N#Cc1ccnc(OC2CN(S(=O)(=O)Cc3ccc(F)cc3)C2)c1. The number of ether oxygens (including phenoxy) is 1. The van der Waals surface area contributed by atoms with Crippen molar-refractivity contribution in [2.75, 3.05) is 13.1 Å². The Morgan fingerprint density at radius 2 is 2.00 bits per heavy atom. The van der Waals surface area contributed by atoms with E-state index in [1.54, 1.807) is 6.07 Å². The zero-order chi connectivity index (χ0) is 17.2. The van der Waals surface area contributed by atoms with Gasteiger partial charge in [-0.05, 0) is 23.8 Å². The standard InChI is InChI=1S/C16H14FN3O3S/c17-14-3-1-12(2-4-14)11-24(21,22)20-9-15(10-20)23-16-7-13(8-18)5-6-19-16/h1-7,15H,9-11H2. The predicted molar refractivity (Wildman–Crippen MR) is 84.0 cm³/mol. The highest BCUT2D eigenvalue weighted by molar-refractivity contribution is 7.88. The summed E-state index contributed by atoms with van der Waals surface area (Å²) in [6, 6.07) is 10.4. The number of sulfonamides is 1. The molecular weight excluding hydrogens is 333 g/mol. The lowest BCUT2D eigenvalue weighted by atomic mass is 10.2. The summed E-state index contributed by atoms with van der Waals surface area (Å²) < 4.78 is 44.3. The van der Waals surface area contributed by atoms with Gasteiger partial charge in [-0.1, -0.05) is 12.1 Å². The molecule has 0 spiro atoms. The summed E-state index contributed by atoms with van der Waals surface area (Å²) in [4.78, 5) is 4.00. The molecule has 1 fully saturated rings. The lowest BCUT2D eigenvalue weighted by Crippen LogP contribution is -2.56. The average molecular weight is 347 g/mol. The summed E-state index contributed by atoms with van der Waals surface area (Å²) >= 11 is 0. The van der Waals surface area contributed by atoms with Gasteiger partial charge in [-0.15, -0.1) is 0 Å². The van der Waals surface area contributed by atoms with E-state index in [0.717, 1.165) is 0 Å². The Labute approximate surface area is 139 Å². The fraction of sp³-hybridized carbons (Fsp3) is 0.250. The molecule has 0 N–H and O–H groups in total. The molecule has 0 saturated carbocycles. The second kappa shape index (κ2) is 6.55. The minimum absolute atomic E-state index is 0.178. The maximum absolute atomic E-state index is 12.9. The first-order valence-corrected chi connectivity index (χ1v) is 8.82. The van der Waals surface area contributed by atoms with E-state index in [-0.39, 0.29) is 24.9 Å². The molecule has 8 heteroatoms.